The molecule has 0 aliphatic carbocycles. The zero-order valence-electron chi connectivity index (χ0n) is 9.71. The van der Waals surface area contributed by atoms with E-state index in [9.17, 15) is 13.9 Å². The second-order valence-corrected chi connectivity index (χ2v) is 4.94. The molecule has 1 nitrogen and oxygen atoms in total. The maximum Gasteiger partial charge on any atom is 0.142 e. The number of aliphatic hydroxyl groups is 1. The van der Waals surface area contributed by atoms with Crippen molar-refractivity contribution in [2.75, 3.05) is 0 Å². The maximum atomic E-state index is 13.3. The van der Waals surface area contributed by atoms with E-state index in [2.05, 4.69) is 0 Å². The van der Waals surface area contributed by atoms with E-state index >= 15 is 0 Å². The van der Waals surface area contributed by atoms with Crippen molar-refractivity contribution in [1.29, 1.82) is 0 Å². The Morgan fingerprint density at radius 1 is 1.00 bits per heavy atom. The highest BCUT2D eigenvalue weighted by molar-refractivity contribution is 6.31. The summed E-state index contributed by atoms with van der Waals surface area (Å²) < 4.78 is 26.4. The molecule has 2 aromatic rings. The molecule has 19 heavy (non-hydrogen) atoms. The minimum atomic E-state index is -0.980. The van der Waals surface area contributed by atoms with Crippen LogP contribution in [0.4, 0.5) is 8.78 Å². The molecule has 0 aliphatic heterocycles. The van der Waals surface area contributed by atoms with E-state index < -0.39 is 17.7 Å². The molecule has 0 saturated carbocycles. The molecule has 0 fully saturated rings. The fraction of sp³-hybridized carbons (Fsp3) is 0.143. The lowest BCUT2D eigenvalue weighted by molar-refractivity contribution is 0.178. The number of aliphatic hydroxyl groups excluding tert-OH is 1. The molecule has 0 spiro atoms. The Morgan fingerprint density at radius 2 is 1.68 bits per heavy atom. The Kier molecular flexibility index (Phi) is 4.40. The monoisotopic (exact) mass is 302 g/mol. The number of halogens is 4. The van der Waals surface area contributed by atoms with Gasteiger partial charge in [0.15, 0.2) is 0 Å². The maximum absolute atomic E-state index is 13.3. The topological polar surface area (TPSA) is 20.2 Å². The van der Waals surface area contributed by atoms with Gasteiger partial charge in [-0.2, -0.15) is 0 Å². The van der Waals surface area contributed by atoms with Crippen LogP contribution in [0.3, 0.4) is 0 Å². The van der Waals surface area contributed by atoms with E-state index in [4.69, 9.17) is 23.2 Å². The summed E-state index contributed by atoms with van der Waals surface area (Å²) in [6.07, 6.45) is -0.886. The molecular formula is C14H10Cl2F2O. The summed E-state index contributed by atoms with van der Waals surface area (Å²) in [5, 5.41) is 10.4. The minimum absolute atomic E-state index is 0.0141. The van der Waals surface area contributed by atoms with Gasteiger partial charge < -0.3 is 5.11 Å². The molecule has 1 N–H and O–H groups in total. The van der Waals surface area contributed by atoms with Crippen molar-refractivity contribution in [1.82, 2.24) is 0 Å². The van der Waals surface area contributed by atoms with Gasteiger partial charge in [-0.1, -0.05) is 29.3 Å². The second-order valence-electron chi connectivity index (χ2n) is 4.13. The van der Waals surface area contributed by atoms with Gasteiger partial charge in [-0.3, -0.25) is 0 Å². The van der Waals surface area contributed by atoms with E-state index in [1.54, 1.807) is 0 Å². The summed E-state index contributed by atoms with van der Waals surface area (Å²) >= 11 is 11.5. The summed E-state index contributed by atoms with van der Waals surface area (Å²) in [5.41, 5.74) is 0.826. The van der Waals surface area contributed by atoms with Gasteiger partial charge >= 0.3 is 0 Å². The third-order valence-corrected chi connectivity index (χ3v) is 3.42. The molecule has 1 unspecified atom stereocenters. The smallest absolute Gasteiger partial charge is 0.142 e. The van der Waals surface area contributed by atoms with E-state index in [-0.39, 0.29) is 11.4 Å². The molecule has 0 bridgehead atoms. The third-order valence-electron chi connectivity index (χ3n) is 2.75. The molecule has 2 rings (SSSR count). The van der Waals surface area contributed by atoms with Crippen LogP contribution >= 0.6 is 23.2 Å². The SMILES string of the molecule is OC(Cc1cc(F)ccc1Cl)c1ccc(Cl)c(F)c1. The Balaban J connectivity index is 2.22. The summed E-state index contributed by atoms with van der Waals surface area (Å²) in [7, 11) is 0. The van der Waals surface area contributed by atoms with Crippen molar-refractivity contribution in [2.24, 2.45) is 0 Å². The molecule has 0 radical (unpaired) electrons. The molecule has 0 heterocycles. The first-order valence-electron chi connectivity index (χ1n) is 5.54. The van der Waals surface area contributed by atoms with E-state index in [0.717, 1.165) is 6.07 Å². The average Bonchev–Trinajstić information content (AvgIpc) is 2.37. The van der Waals surface area contributed by atoms with Gasteiger partial charge in [0.1, 0.15) is 11.6 Å². The molecule has 0 saturated heterocycles. The Hall–Kier alpha value is -1.16. The molecule has 2 aromatic carbocycles. The van der Waals surface area contributed by atoms with Crippen LogP contribution in [0.15, 0.2) is 36.4 Å². The van der Waals surface area contributed by atoms with Crippen molar-refractivity contribution in [3.8, 4) is 0 Å². The van der Waals surface area contributed by atoms with Crippen molar-refractivity contribution in [3.05, 3.63) is 69.2 Å². The molecule has 100 valence electrons. The van der Waals surface area contributed by atoms with Crippen molar-refractivity contribution >= 4 is 23.2 Å². The molecule has 0 amide bonds. The predicted octanol–water partition coefficient (Wildman–Crippen LogP) is 4.55. The Bertz CT molecular complexity index is 602. The largest absolute Gasteiger partial charge is 0.388 e. The van der Waals surface area contributed by atoms with Gasteiger partial charge in [-0.15, -0.1) is 0 Å². The number of benzene rings is 2. The highest BCUT2D eigenvalue weighted by Gasteiger charge is 2.13. The predicted molar refractivity (Wildman–Crippen MR) is 71.5 cm³/mol. The number of hydrogen-bond acceptors (Lipinski definition) is 1. The summed E-state index contributed by atoms with van der Waals surface area (Å²) in [6.45, 7) is 0. The van der Waals surface area contributed by atoms with Crippen LogP contribution in [0, 0.1) is 11.6 Å². The third kappa shape index (κ3) is 3.44. The zero-order chi connectivity index (χ0) is 14.0. The molecule has 0 aromatic heterocycles. The van der Waals surface area contributed by atoms with Crippen LogP contribution in [-0.2, 0) is 6.42 Å². The van der Waals surface area contributed by atoms with Gasteiger partial charge in [0, 0.05) is 11.4 Å². The lowest BCUT2D eigenvalue weighted by atomic mass is 10.0. The highest BCUT2D eigenvalue weighted by Crippen LogP contribution is 2.26. The van der Waals surface area contributed by atoms with Crippen molar-refractivity contribution < 1.29 is 13.9 Å². The van der Waals surface area contributed by atoms with E-state index in [1.807, 2.05) is 0 Å². The fourth-order valence-electron chi connectivity index (χ4n) is 1.75. The Labute approximate surface area is 119 Å². The lowest BCUT2D eigenvalue weighted by Crippen LogP contribution is -2.03. The van der Waals surface area contributed by atoms with Gasteiger partial charge in [0.05, 0.1) is 11.1 Å². The average molecular weight is 303 g/mol. The van der Waals surface area contributed by atoms with Crippen LogP contribution < -0.4 is 0 Å². The van der Waals surface area contributed by atoms with Crippen LogP contribution in [0.5, 0.6) is 0 Å². The molecule has 0 aliphatic rings. The van der Waals surface area contributed by atoms with Crippen LogP contribution in [0.1, 0.15) is 17.2 Å². The number of hydrogen-bond donors (Lipinski definition) is 1. The number of rotatable bonds is 3. The molecule has 5 heteroatoms. The fourth-order valence-corrected chi connectivity index (χ4v) is 2.06. The highest BCUT2D eigenvalue weighted by atomic mass is 35.5. The van der Waals surface area contributed by atoms with Gasteiger partial charge in [-0.05, 0) is 41.5 Å². The summed E-state index contributed by atoms with van der Waals surface area (Å²) in [4.78, 5) is 0. The van der Waals surface area contributed by atoms with E-state index in [0.29, 0.717) is 16.1 Å². The normalized spacial score (nSPS) is 12.5. The Morgan fingerprint density at radius 3 is 2.37 bits per heavy atom. The van der Waals surface area contributed by atoms with Crippen molar-refractivity contribution in [3.63, 3.8) is 0 Å². The first-order valence-corrected chi connectivity index (χ1v) is 6.30. The van der Waals surface area contributed by atoms with Crippen LogP contribution in [0.25, 0.3) is 0 Å². The second kappa shape index (κ2) is 5.87. The summed E-state index contributed by atoms with van der Waals surface area (Å²) in [5.74, 6) is -1.04. The van der Waals surface area contributed by atoms with Gasteiger partial charge in [0.2, 0.25) is 0 Å². The first kappa shape index (κ1) is 14.3. The minimum Gasteiger partial charge on any atom is -0.388 e. The molecule has 1 atom stereocenters. The van der Waals surface area contributed by atoms with Crippen LogP contribution in [-0.4, -0.2) is 5.11 Å². The standard InChI is InChI=1S/C14H10Cl2F2O/c15-11-4-2-10(17)5-9(11)7-14(19)8-1-3-12(16)13(18)6-8/h1-6,14,19H,7H2. The van der Waals surface area contributed by atoms with Crippen LogP contribution in [0.2, 0.25) is 10.0 Å². The molecular weight excluding hydrogens is 293 g/mol. The van der Waals surface area contributed by atoms with Gasteiger partial charge in [0.25, 0.3) is 0 Å². The first-order chi connectivity index (χ1) is 8.97. The van der Waals surface area contributed by atoms with Gasteiger partial charge in [-0.25, -0.2) is 8.78 Å². The summed E-state index contributed by atoms with van der Waals surface area (Å²) in [6, 6.07) is 7.94. The quantitative estimate of drug-likeness (QED) is 0.882. The van der Waals surface area contributed by atoms with Crippen molar-refractivity contribution in [2.45, 2.75) is 12.5 Å². The lowest BCUT2D eigenvalue weighted by Gasteiger charge is -2.12. The zero-order valence-corrected chi connectivity index (χ0v) is 11.2. The van der Waals surface area contributed by atoms with E-state index in [1.165, 1.54) is 30.3 Å².